The van der Waals surface area contributed by atoms with Crippen LogP contribution in [0.1, 0.15) is 34.0 Å². The molecule has 0 saturated carbocycles. The van der Waals surface area contributed by atoms with Gasteiger partial charge in [-0.25, -0.2) is 0 Å². The molecule has 0 N–H and O–H groups in total. The van der Waals surface area contributed by atoms with Crippen molar-refractivity contribution < 1.29 is 9.53 Å². The van der Waals surface area contributed by atoms with Gasteiger partial charge in [-0.05, 0) is 70.4 Å². The molecule has 0 fully saturated rings. The van der Waals surface area contributed by atoms with Gasteiger partial charge in [0.2, 0.25) is 0 Å². The van der Waals surface area contributed by atoms with Crippen LogP contribution in [0.25, 0.3) is 0 Å². The maximum Gasteiger partial charge on any atom is 0.186 e. The Hall–Kier alpha value is -1.06. The average molecular weight is 307 g/mol. The third-order valence-electron chi connectivity index (χ3n) is 3.47. The molecule has 1 atom stereocenters. The summed E-state index contributed by atoms with van der Waals surface area (Å²) < 4.78 is 5.49. The number of hydrogen-bond acceptors (Lipinski definition) is 2. The van der Waals surface area contributed by atoms with Gasteiger partial charge in [-0.15, -0.1) is 0 Å². The van der Waals surface area contributed by atoms with Gasteiger partial charge in [0.05, 0.1) is 6.61 Å². The molecule has 0 aliphatic rings. The number of benzene rings is 2. The van der Waals surface area contributed by atoms with Gasteiger partial charge in [0.15, 0.2) is 5.52 Å². The van der Waals surface area contributed by atoms with E-state index in [0.717, 1.165) is 33.3 Å². The summed E-state index contributed by atoms with van der Waals surface area (Å²) in [5.41, 5.74) is 4.29. The average Bonchev–Trinajstić information content (AvgIpc) is 2.42. The van der Waals surface area contributed by atoms with E-state index in [0.29, 0.717) is 6.61 Å². The Morgan fingerprint density at radius 2 is 1.68 bits per heavy atom. The smallest absolute Gasteiger partial charge is 0.186 e. The molecule has 0 heterocycles. The molecule has 0 aliphatic carbocycles. The summed E-state index contributed by atoms with van der Waals surface area (Å²) in [6.07, 6.45) is 0. The van der Waals surface area contributed by atoms with Gasteiger partial charge in [-0.2, -0.15) is 0 Å². The first kappa shape index (κ1) is 19.0. The molecule has 0 bridgehead atoms. The van der Waals surface area contributed by atoms with Crippen LogP contribution in [-0.4, -0.2) is 31.0 Å². The van der Waals surface area contributed by atoms with Crippen LogP contribution in [0.4, 0.5) is 0 Å². The van der Waals surface area contributed by atoms with Gasteiger partial charge in [0, 0.05) is 24.4 Å². The molecule has 0 spiro atoms. The SMILES string of the molecule is CCOc1ccc(PC(=O)c2c(C)cccc2C)c(C)c1.[Li]. The van der Waals surface area contributed by atoms with Crippen molar-refractivity contribution in [2.45, 2.75) is 27.7 Å². The summed E-state index contributed by atoms with van der Waals surface area (Å²) >= 11 is 0. The molecule has 2 nitrogen and oxygen atoms in total. The third kappa shape index (κ3) is 4.47. The predicted molar refractivity (Wildman–Crippen MR) is 96.3 cm³/mol. The summed E-state index contributed by atoms with van der Waals surface area (Å²) in [5, 5.41) is 1.09. The molecule has 0 saturated heterocycles. The molecule has 1 radical (unpaired) electrons. The van der Waals surface area contributed by atoms with E-state index in [1.807, 2.05) is 64.1 Å². The van der Waals surface area contributed by atoms with E-state index in [4.69, 9.17) is 4.74 Å². The Bertz CT molecular complexity index is 648. The van der Waals surface area contributed by atoms with Crippen molar-refractivity contribution in [1.82, 2.24) is 0 Å². The Morgan fingerprint density at radius 1 is 1.05 bits per heavy atom. The number of rotatable bonds is 5. The van der Waals surface area contributed by atoms with Crippen LogP contribution in [0.5, 0.6) is 5.75 Å². The largest absolute Gasteiger partial charge is 0.494 e. The summed E-state index contributed by atoms with van der Waals surface area (Å²) in [4.78, 5) is 12.6. The maximum absolute atomic E-state index is 12.6. The molecule has 111 valence electrons. The molecular weight excluding hydrogens is 286 g/mol. The fraction of sp³-hybridized carbons (Fsp3) is 0.278. The normalized spacial score (nSPS) is 10.5. The van der Waals surface area contributed by atoms with Crippen molar-refractivity contribution in [1.29, 1.82) is 0 Å². The zero-order valence-corrected chi connectivity index (χ0v) is 15.0. The van der Waals surface area contributed by atoms with E-state index in [-0.39, 0.29) is 33.0 Å². The maximum atomic E-state index is 12.6. The van der Waals surface area contributed by atoms with Crippen LogP contribution in [-0.2, 0) is 0 Å². The molecule has 2 aromatic carbocycles. The van der Waals surface area contributed by atoms with Crippen LogP contribution >= 0.6 is 8.58 Å². The fourth-order valence-corrected chi connectivity index (χ4v) is 3.59. The van der Waals surface area contributed by atoms with Crippen molar-refractivity contribution >= 4 is 38.3 Å². The van der Waals surface area contributed by atoms with Crippen molar-refractivity contribution in [3.8, 4) is 5.75 Å². The molecule has 4 heteroatoms. The number of hydrogen-bond donors (Lipinski definition) is 0. The molecule has 22 heavy (non-hydrogen) atoms. The summed E-state index contributed by atoms with van der Waals surface area (Å²) in [6, 6.07) is 11.9. The first-order chi connectivity index (χ1) is 10.0. The quantitative estimate of drug-likeness (QED) is 0.621. The number of ether oxygens (including phenoxy) is 1. The Labute approximate surface area is 146 Å². The fourth-order valence-electron chi connectivity index (χ4n) is 2.39. The van der Waals surface area contributed by atoms with Gasteiger partial charge in [-0.1, -0.05) is 24.3 Å². The van der Waals surface area contributed by atoms with E-state index in [9.17, 15) is 4.79 Å². The van der Waals surface area contributed by atoms with Crippen LogP contribution in [0.2, 0.25) is 0 Å². The molecular formula is C18H21LiO2P. The van der Waals surface area contributed by atoms with Crippen LogP contribution < -0.4 is 10.0 Å². The summed E-state index contributed by atoms with van der Waals surface area (Å²) in [5.74, 6) is 0.864. The third-order valence-corrected chi connectivity index (χ3v) is 4.77. The molecule has 1 unspecified atom stereocenters. The molecule has 2 aromatic rings. The molecule has 2 rings (SSSR count). The van der Waals surface area contributed by atoms with Gasteiger partial charge >= 0.3 is 0 Å². The Balaban J connectivity index is 0.00000242. The number of carbonyl (C=O) groups excluding carboxylic acids is 1. The summed E-state index contributed by atoms with van der Waals surface area (Å²) in [7, 11) is 0.151. The topological polar surface area (TPSA) is 26.3 Å². The second-order valence-corrected chi connectivity index (χ2v) is 6.37. The molecule has 0 aliphatic heterocycles. The zero-order valence-electron chi connectivity index (χ0n) is 14.0. The Morgan fingerprint density at radius 3 is 2.23 bits per heavy atom. The van der Waals surface area contributed by atoms with E-state index < -0.39 is 0 Å². The monoisotopic (exact) mass is 307 g/mol. The zero-order chi connectivity index (χ0) is 15.4. The minimum Gasteiger partial charge on any atom is -0.494 e. The molecule has 0 amide bonds. The first-order valence-corrected chi connectivity index (χ1v) is 8.14. The van der Waals surface area contributed by atoms with E-state index in [1.165, 1.54) is 0 Å². The molecule has 0 aromatic heterocycles. The van der Waals surface area contributed by atoms with Gasteiger partial charge in [0.25, 0.3) is 0 Å². The van der Waals surface area contributed by atoms with Crippen LogP contribution in [0, 0.1) is 20.8 Å². The van der Waals surface area contributed by atoms with Crippen molar-refractivity contribution in [3.63, 3.8) is 0 Å². The minimum absolute atomic E-state index is 0. The minimum atomic E-state index is 0. The van der Waals surface area contributed by atoms with E-state index in [1.54, 1.807) is 0 Å². The van der Waals surface area contributed by atoms with E-state index in [2.05, 4.69) is 0 Å². The first-order valence-electron chi connectivity index (χ1n) is 7.14. The second kappa shape index (κ2) is 8.54. The second-order valence-electron chi connectivity index (χ2n) is 5.13. The Kier molecular flexibility index (Phi) is 7.37. The summed E-state index contributed by atoms with van der Waals surface area (Å²) in [6.45, 7) is 8.65. The number of carbonyl (C=O) groups is 1. The van der Waals surface area contributed by atoms with Crippen LogP contribution in [0.3, 0.4) is 0 Å². The van der Waals surface area contributed by atoms with Crippen LogP contribution in [0.15, 0.2) is 36.4 Å². The van der Waals surface area contributed by atoms with E-state index >= 15 is 0 Å². The van der Waals surface area contributed by atoms with Crippen molar-refractivity contribution in [2.75, 3.05) is 6.61 Å². The van der Waals surface area contributed by atoms with Crippen molar-refractivity contribution in [3.05, 3.63) is 58.7 Å². The predicted octanol–water partition coefficient (Wildman–Crippen LogP) is 3.77. The standard InChI is InChI=1S/C18H21O2P.Li/c1-5-20-15-9-10-16(14(4)11-15)21-18(19)17-12(2)7-6-8-13(17)3;/h6-11,21H,5H2,1-4H3;. The van der Waals surface area contributed by atoms with Gasteiger partial charge in [0.1, 0.15) is 5.75 Å². The van der Waals surface area contributed by atoms with Gasteiger partial charge < -0.3 is 4.74 Å². The number of aryl methyl sites for hydroxylation is 3. The van der Waals surface area contributed by atoms with Crippen molar-refractivity contribution in [2.24, 2.45) is 0 Å². The van der Waals surface area contributed by atoms with Gasteiger partial charge in [-0.3, -0.25) is 4.79 Å².